The van der Waals surface area contributed by atoms with Crippen LogP contribution in [0.5, 0.6) is 0 Å². The van der Waals surface area contributed by atoms with Crippen molar-refractivity contribution in [2.75, 3.05) is 14.1 Å². The van der Waals surface area contributed by atoms with Crippen LogP contribution in [0.4, 0.5) is 13.2 Å². The molecule has 26 heavy (non-hydrogen) atoms. The van der Waals surface area contributed by atoms with Gasteiger partial charge in [-0.1, -0.05) is 12.1 Å². The summed E-state index contributed by atoms with van der Waals surface area (Å²) in [5, 5.41) is -0.281. The highest BCUT2D eigenvalue weighted by atomic mass is 32.2. The van der Waals surface area contributed by atoms with Crippen molar-refractivity contribution in [3.8, 4) is 0 Å². The Balaban J connectivity index is 1.92. The third kappa shape index (κ3) is 4.85. The molecular weight excluding hydrogens is 375 g/mol. The zero-order chi connectivity index (χ0) is 19.5. The molecule has 0 aliphatic heterocycles. The van der Waals surface area contributed by atoms with Crippen molar-refractivity contribution in [2.45, 2.75) is 24.3 Å². The van der Waals surface area contributed by atoms with Gasteiger partial charge in [0.15, 0.2) is 0 Å². The Morgan fingerprint density at radius 3 is 2.27 bits per heavy atom. The molecular formula is C16H16F3NO5S. The normalized spacial score (nSPS) is 12.4. The number of carbonyl (C=O) groups is 1. The van der Waals surface area contributed by atoms with Crippen LogP contribution in [0.15, 0.2) is 45.9 Å². The molecule has 0 radical (unpaired) electrons. The average Bonchev–Trinajstić information content (AvgIpc) is 3.02. The third-order valence-electron chi connectivity index (χ3n) is 3.38. The van der Waals surface area contributed by atoms with Gasteiger partial charge in [0.25, 0.3) is 10.0 Å². The van der Waals surface area contributed by atoms with Crippen LogP contribution < -0.4 is 0 Å². The smallest absolute Gasteiger partial charge is 0.416 e. The molecule has 0 bridgehead atoms. The summed E-state index contributed by atoms with van der Waals surface area (Å²) in [6.07, 6.45) is -4.66. The van der Waals surface area contributed by atoms with E-state index in [0.29, 0.717) is 5.56 Å². The van der Waals surface area contributed by atoms with E-state index in [2.05, 4.69) is 0 Å². The summed E-state index contributed by atoms with van der Waals surface area (Å²) in [7, 11) is -1.03. The number of halogens is 3. The van der Waals surface area contributed by atoms with E-state index in [9.17, 15) is 26.4 Å². The number of ether oxygens (including phenoxy) is 1. The first-order valence-corrected chi connectivity index (χ1v) is 8.77. The van der Waals surface area contributed by atoms with E-state index in [1.54, 1.807) is 0 Å². The predicted molar refractivity (Wildman–Crippen MR) is 84.5 cm³/mol. The summed E-state index contributed by atoms with van der Waals surface area (Å²) in [5.74, 6) is -0.552. The second-order valence-corrected chi connectivity index (χ2v) is 7.62. The molecule has 0 aliphatic rings. The molecule has 1 heterocycles. The molecule has 0 amide bonds. The van der Waals surface area contributed by atoms with Crippen LogP contribution in [0.1, 0.15) is 16.9 Å². The maximum absolute atomic E-state index is 12.5. The minimum absolute atomic E-state index is 0.131. The molecule has 2 rings (SSSR count). The average molecular weight is 391 g/mol. The number of esters is 1. The van der Waals surface area contributed by atoms with Crippen LogP contribution in [0.3, 0.4) is 0 Å². The highest BCUT2D eigenvalue weighted by molar-refractivity contribution is 7.88. The number of benzene rings is 1. The standard InChI is InChI=1S/C16H16F3NO5S/c1-20(2)26(22,23)15-8-7-13(25-15)10-24-14(21)9-11-3-5-12(6-4-11)16(17,18)19/h3-8H,9-10H2,1-2H3. The monoisotopic (exact) mass is 391 g/mol. The second-order valence-electron chi connectivity index (χ2n) is 5.54. The van der Waals surface area contributed by atoms with Gasteiger partial charge in [-0.05, 0) is 29.8 Å². The van der Waals surface area contributed by atoms with Crippen LogP contribution in [0, 0.1) is 0 Å². The molecule has 0 aliphatic carbocycles. The SMILES string of the molecule is CN(C)S(=O)(=O)c1ccc(COC(=O)Cc2ccc(C(F)(F)F)cc2)o1. The highest BCUT2D eigenvalue weighted by Crippen LogP contribution is 2.29. The van der Waals surface area contributed by atoms with Crippen LogP contribution in [-0.4, -0.2) is 32.8 Å². The largest absolute Gasteiger partial charge is 0.457 e. The molecule has 0 spiro atoms. The summed E-state index contributed by atoms with van der Waals surface area (Å²) in [6, 6.07) is 6.76. The van der Waals surface area contributed by atoms with Gasteiger partial charge in [0.1, 0.15) is 12.4 Å². The lowest BCUT2D eigenvalue weighted by atomic mass is 10.1. The molecule has 0 atom stereocenters. The molecule has 142 valence electrons. The minimum atomic E-state index is -4.44. The Morgan fingerprint density at radius 2 is 1.73 bits per heavy atom. The van der Waals surface area contributed by atoms with Gasteiger partial charge < -0.3 is 9.15 Å². The van der Waals surface area contributed by atoms with E-state index in [1.165, 1.54) is 38.4 Å². The number of hydrogen-bond acceptors (Lipinski definition) is 5. The first kappa shape index (κ1) is 20.0. The first-order valence-electron chi connectivity index (χ1n) is 7.33. The van der Waals surface area contributed by atoms with Gasteiger partial charge in [-0.25, -0.2) is 12.7 Å². The minimum Gasteiger partial charge on any atom is -0.457 e. The van der Waals surface area contributed by atoms with Crippen molar-refractivity contribution in [1.29, 1.82) is 0 Å². The Bertz CT molecular complexity index is 870. The van der Waals surface area contributed by atoms with E-state index in [0.717, 1.165) is 16.4 Å². The number of carbonyl (C=O) groups excluding carboxylic acids is 1. The maximum atomic E-state index is 12.5. The fraction of sp³-hybridized carbons (Fsp3) is 0.312. The lowest BCUT2D eigenvalue weighted by Gasteiger charge is -2.08. The predicted octanol–water partition coefficient (Wildman–Crippen LogP) is 2.83. The number of sulfonamides is 1. The van der Waals surface area contributed by atoms with Crippen LogP contribution in [0.2, 0.25) is 0 Å². The number of rotatable bonds is 6. The van der Waals surface area contributed by atoms with E-state index >= 15 is 0 Å². The Morgan fingerprint density at radius 1 is 1.12 bits per heavy atom. The molecule has 10 heteroatoms. The Labute approximate surface area is 148 Å². The van der Waals surface area contributed by atoms with Gasteiger partial charge in [0.05, 0.1) is 12.0 Å². The van der Waals surface area contributed by atoms with E-state index in [1.807, 2.05) is 0 Å². The zero-order valence-electron chi connectivity index (χ0n) is 13.9. The zero-order valence-corrected chi connectivity index (χ0v) is 14.7. The summed E-state index contributed by atoms with van der Waals surface area (Å²) in [4.78, 5) is 11.8. The van der Waals surface area contributed by atoms with Gasteiger partial charge in [0, 0.05) is 14.1 Å². The van der Waals surface area contributed by atoms with E-state index in [4.69, 9.17) is 9.15 Å². The molecule has 0 saturated carbocycles. The van der Waals surface area contributed by atoms with Crippen molar-refractivity contribution in [1.82, 2.24) is 4.31 Å². The van der Waals surface area contributed by atoms with Gasteiger partial charge in [-0.3, -0.25) is 4.79 Å². The van der Waals surface area contributed by atoms with Crippen molar-refractivity contribution >= 4 is 16.0 Å². The van der Waals surface area contributed by atoms with Gasteiger partial charge in [-0.2, -0.15) is 13.2 Å². The van der Waals surface area contributed by atoms with Crippen molar-refractivity contribution < 1.29 is 35.5 Å². The Kier molecular flexibility index (Phi) is 5.77. The summed E-state index contributed by atoms with van der Waals surface area (Å²) in [6.45, 7) is -0.289. The summed E-state index contributed by atoms with van der Waals surface area (Å²) < 4.78 is 72.2. The topological polar surface area (TPSA) is 76.8 Å². The highest BCUT2D eigenvalue weighted by Gasteiger charge is 2.30. The fourth-order valence-corrected chi connectivity index (χ4v) is 2.75. The number of furan rings is 1. The van der Waals surface area contributed by atoms with Gasteiger partial charge >= 0.3 is 12.1 Å². The van der Waals surface area contributed by atoms with Gasteiger partial charge in [-0.15, -0.1) is 0 Å². The van der Waals surface area contributed by atoms with Gasteiger partial charge in [0.2, 0.25) is 5.09 Å². The molecule has 0 N–H and O–H groups in total. The van der Waals surface area contributed by atoms with Crippen LogP contribution in [-0.2, 0) is 38.8 Å². The third-order valence-corrected chi connectivity index (χ3v) is 5.07. The fourth-order valence-electron chi connectivity index (χ4n) is 1.94. The Hall–Kier alpha value is -2.33. The molecule has 2 aromatic rings. The van der Waals surface area contributed by atoms with E-state index in [-0.39, 0.29) is 23.9 Å². The second kappa shape index (κ2) is 7.50. The number of alkyl halides is 3. The maximum Gasteiger partial charge on any atom is 0.416 e. The summed E-state index contributed by atoms with van der Waals surface area (Å²) in [5.41, 5.74) is -0.446. The van der Waals surface area contributed by atoms with E-state index < -0.39 is 27.7 Å². The van der Waals surface area contributed by atoms with Crippen LogP contribution >= 0.6 is 0 Å². The van der Waals surface area contributed by atoms with Crippen molar-refractivity contribution in [2.24, 2.45) is 0 Å². The van der Waals surface area contributed by atoms with Crippen molar-refractivity contribution in [3.63, 3.8) is 0 Å². The molecule has 0 fully saturated rings. The quantitative estimate of drug-likeness (QED) is 0.708. The lowest BCUT2D eigenvalue weighted by Crippen LogP contribution is -2.21. The van der Waals surface area contributed by atoms with Crippen LogP contribution in [0.25, 0.3) is 0 Å². The molecule has 0 saturated heterocycles. The first-order chi connectivity index (χ1) is 12.0. The molecule has 6 nitrogen and oxygen atoms in total. The lowest BCUT2D eigenvalue weighted by molar-refractivity contribution is -0.144. The molecule has 1 aromatic carbocycles. The molecule has 0 unspecified atom stereocenters. The number of hydrogen-bond donors (Lipinski definition) is 0. The molecule has 1 aromatic heterocycles. The number of nitrogens with zero attached hydrogens (tertiary/aromatic N) is 1. The van der Waals surface area contributed by atoms with Crippen molar-refractivity contribution in [3.05, 3.63) is 53.3 Å². The summed E-state index contributed by atoms with van der Waals surface area (Å²) >= 11 is 0.